The Bertz CT molecular complexity index is 540. The number of ether oxygens (including phenoxy) is 1. The van der Waals surface area contributed by atoms with Crippen molar-refractivity contribution in [2.45, 2.75) is 13.3 Å². The Balaban J connectivity index is 1.91. The Morgan fingerprint density at radius 3 is 2.89 bits per heavy atom. The number of nitrogens with zero attached hydrogens (tertiary/aromatic N) is 6. The highest BCUT2D eigenvalue weighted by Gasteiger charge is 2.05. The first-order chi connectivity index (χ1) is 9.17. The molecular weight excluding hydrogens is 248 g/mol. The van der Waals surface area contributed by atoms with Crippen molar-refractivity contribution in [1.82, 2.24) is 29.7 Å². The maximum atomic E-state index is 5.57. The Morgan fingerprint density at radius 2 is 2.21 bits per heavy atom. The van der Waals surface area contributed by atoms with Crippen LogP contribution in [0.25, 0.3) is 0 Å². The van der Waals surface area contributed by atoms with Crippen molar-refractivity contribution >= 4 is 11.9 Å². The number of aromatic nitrogens is 6. The quantitative estimate of drug-likeness (QED) is 0.726. The minimum absolute atomic E-state index is 0.122. The minimum atomic E-state index is 0.122. The molecule has 0 saturated heterocycles. The van der Waals surface area contributed by atoms with Crippen LogP contribution in [0.4, 0.5) is 11.9 Å². The van der Waals surface area contributed by atoms with Crippen molar-refractivity contribution < 1.29 is 4.74 Å². The molecule has 2 rings (SSSR count). The van der Waals surface area contributed by atoms with Gasteiger partial charge in [0.25, 0.3) is 0 Å². The van der Waals surface area contributed by atoms with E-state index in [0.29, 0.717) is 25.5 Å². The lowest BCUT2D eigenvalue weighted by molar-refractivity contribution is 0.312. The Labute approximate surface area is 110 Å². The van der Waals surface area contributed by atoms with Gasteiger partial charge in [-0.2, -0.15) is 20.1 Å². The van der Waals surface area contributed by atoms with Crippen LogP contribution in [0, 0.1) is 0 Å². The summed E-state index contributed by atoms with van der Waals surface area (Å²) >= 11 is 0. The first kappa shape index (κ1) is 13.0. The van der Waals surface area contributed by atoms with Crippen molar-refractivity contribution in [3.8, 4) is 6.01 Å². The average Bonchev–Trinajstić information content (AvgIpc) is 2.75. The Hall–Kier alpha value is -2.45. The van der Waals surface area contributed by atoms with Crippen molar-refractivity contribution in [2.75, 3.05) is 24.2 Å². The molecule has 2 aromatic heterocycles. The normalized spacial score (nSPS) is 10.4. The molecule has 0 fully saturated rings. The van der Waals surface area contributed by atoms with Crippen LogP contribution >= 0.6 is 0 Å². The van der Waals surface area contributed by atoms with Crippen LogP contribution in [0.1, 0.15) is 12.7 Å². The van der Waals surface area contributed by atoms with Gasteiger partial charge < -0.3 is 15.8 Å². The van der Waals surface area contributed by atoms with E-state index < -0.39 is 0 Å². The number of anilines is 2. The van der Waals surface area contributed by atoms with E-state index in [2.05, 4.69) is 30.4 Å². The van der Waals surface area contributed by atoms with E-state index in [1.807, 2.05) is 14.0 Å². The third-order valence-electron chi connectivity index (χ3n) is 2.18. The molecule has 0 bridgehead atoms. The largest absolute Gasteiger partial charge is 0.464 e. The van der Waals surface area contributed by atoms with Gasteiger partial charge in [0.05, 0.1) is 6.61 Å². The molecule has 0 atom stereocenters. The third kappa shape index (κ3) is 3.76. The summed E-state index contributed by atoms with van der Waals surface area (Å²) in [5.41, 5.74) is 5.57. The van der Waals surface area contributed by atoms with Crippen molar-refractivity contribution in [3.63, 3.8) is 0 Å². The number of hydrogen-bond acceptors (Lipinski definition) is 8. The lowest BCUT2D eigenvalue weighted by atomic mass is 10.4. The smallest absolute Gasteiger partial charge is 0.323 e. The lowest BCUT2D eigenvalue weighted by Gasteiger charge is -2.06. The molecule has 0 radical (unpaired) electrons. The van der Waals surface area contributed by atoms with Crippen LogP contribution < -0.4 is 15.8 Å². The topological polar surface area (TPSA) is 117 Å². The van der Waals surface area contributed by atoms with Gasteiger partial charge in [-0.05, 0) is 6.92 Å². The second-order valence-electron chi connectivity index (χ2n) is 3.74. The molecule has 2 heterocycles. The molecule has 3 N–H and O–H groups in total. The van der Waals surface area contributed by atoms with Gasteiger partial charge in [-0.3, -0.25) is 4.68 Å². The molecule has 0 aliphatic carbocycles. The summed E-state index contributed by atoms with van der Waals surface area (Å²) in [7, 11) is 1.82. The summed E-state index contributed by atoms with van der Waals surface area (Å²) < 4.78 is 6.84. The maximum absolute atomic E-state index is 5.57. The summed E-state index contributed by atoms with van der Waals surface area (Å²) in [6.07, 6.45) is 2.32. The highest BCUT2D eigenvalue weighted by molar-refractivity contribution is 5.32. The van der Waals surface area contributed by atoms with Gasteiger partial charge >= 0.3 is 6.01 Å². The van der Waals surface area contributed by atoms with Crippen LogP contribution in [-0.4, -0.2) is 42.9 Å². The lowest BCUT2D eigenvalue weighted by Crippen LogP contribution is -2.12. The summed E-state index contributed by atoms with van der Waals surface area (Å²) in [4.78, 5) is 16.0. The molecule has 0 aliphatic rings. The van der Waals surface area contributed by atoms with Gasteiger partial charge in [-0.15, -0.1) is 0 Å². The van der Waals surface area contributed by atoms with Gasteiger partial charge in [0.2, 0.25) is 11.9 Å². The maximum Gasteiger partial charge on any atom is 0.323 e. The molecule has 0 saturated carbocycles. The van der Waals surface area contributed by atoms with Gasteiger partial charge in [0.15, 0.2) is 5.82 Å². The molecule has 19 heavy (non-hydrogen) atoms. The number of aryl methyl sites for hydroxylation is 1. The number of hydrogen-bond donors (Lipinski definition) is 2. The van der Waals surface area contributed by atoms with E-state index in [4.69, 9.17) is 10.5 Å². The fraction of sp³-hybridized carbons (Fsp3) is 0.500. The second kappa shape index (κ2) is 5.94. The zero-order valence-electron chi connectivity index (χ0n) is 10.9. The van der Waals surface area contributed by atoms with Crippen molar-refractivity contribution in [3.05, 3.63) is 12.2 Å². The molecule has 0 aliphatic heterocycles. The summed E-state index contributed by atoms with van der Waals surface area (Å²) in [6.45, 7) is 2.92. The van der Waals surface area contributed by atoms with E-state index in [1.54, 1.807) is 11.0 Å². The predicted octanol–water partition coefficient (Wildman–Crippen LogP) is -0.364. The SMILES string of the molecule is CCOc1nc(N)nc(NCCc2ncn(C)n2)n1. The van der Waals surface area contributed by atoms with Crippen LogP contribution in [0.2, 0.25) is 0 Å². The van der Waals surface area contributed by atoms with E-state index in [0.717, 1.165) is 5.82 Å². The molecule has 2 aromatic rings. The van der Waals surface area contributed by atoms with E-state index in [9.17, 15) is 0 Å². The minimum Gasteiger partial charge on any atom is -0.464 e. The van der Waals surface area contributed by atoms with E-state index >= 15 is 0 Å². The van der Waals surface area contributed by atoms with Gasteiger partial charge in [-0.1, -0.05) is 0 Å². The summed E-state index contributed by atoms with van der Waals surface area (Å²) in [6, 6.07) is 0.216. The standard InChI is InChI=1S/C10H16N8O/c1-3-19-10-15-8(11)14-9(16-10)12-5-4-7-13-6-18(2)17-7/h6H,3-5H2,1-2H3,(H3,11,12,14,15,16). The zero-order valence-corrected chi connectivity index (χ0v) is 10.9. The van der Waals surface area contributed by atoms with Gasteiger partial charge in [-0.25, -0.2) is 4.98 Å². The van der Waals surface area contributed by atoms with Crippen LogP contribution in [0.5, 0.6) is 6.01 Å². The number of nitrogen functional groups attached to an aromatic ring is 1. The second-order valence-corrected chi connectivity index (χ2v) is 3.74. The third-order valence-corrected chi connectivity index (χ3v) is 2.18. The van der Waals surface area contributed by atoms with Crippen LogP contribution in [0.3, 0.4) is 0 Å². The van der Waals surface area contributed by atoms with Crippen LogP contribution in [0.15, 0.2) is 6.33 Å². The molecule has 0 spiro atoms. The fourth-order valence-electron chi connectivity index (χ4n) is 1.43. The van der Waals surface area contributed by atoms with Gasteiger partial charge in [0.1, 0.15) is 6.33 Å². The Morgan fingerprint density at radius 1 is 1.37 bits per heavy atom. The average molecular weight is 264 g/mol. The first-order valence-electron chi connectivity index (χ1n) is 5.90. The molecule has 9 heteroatoms. The molecule has 0 aromatic carbocycles. The highest BCUT2D eigenvalue weighted by Crippen LogP contribution is 2.08. The fourth-order valence-corrected chi connectivity index (χ4v) is 1.43. The van der Waals surface area contributed by atoms with E-state index in [-0.39, 0.29) is 12.0 Å². The monoisotopic (exact) mass is 264 g/mol. The molecule has 102 valence electrons. The van der Waals surface area contributed by atoms with Crippen LogP contribution in [-0.2, 0) is 13.5 Å². The number of nitrogens with two attached hydrogens (primary N) is 1. The highest BCUT2D eigenvalue weighted by atomic mass is 16.5. The van der Waals surface area contributed by atoms with Gasteiger partial charge in [0, 0.05) is 20.0 Å². The summed E-state index contributed by atoms with van der Waals surface area (Å²) in [5, 5.41) is 7.20. The number of rotatable bonds is 6. The van der Waals surface area contributed by atoms with Crippen molar-refractivity contribution in [1.29, 1.82) is 0 Å². The first-order valence-corrected chi connectivity index (χ1v) is 5.90. The zero-order chi connectivity index (χ0) is 13.7. The Kier molecular flexibility index (Phi) is 4.06. The molecule has 9 nitrogen and oxygen atoms in total. The van der Waals surface area contributed by atoms with E-state index in [1.165, 1.54) is 0 Å². The predicted molar refractivity (Wildman–Crippen MR) is 68.6 cm³/mol. The molecule has 0 amide bonds. The summed E-state index contributed by atoms with van der Waals surface area (Å²) in [5.74, 6) is 1.26. The number of nitrogens with one attached hydrogen (secondary N) is 1. The van der Waals surface area contributed by atoms with Crippen molar-refractivity contribution in [2.24, 2.45) is 7.05 Å². The molecule has 0 unspecified atom stereocenters. The molecular formula is C10H16N8O.